The number of aliphatic hydroxyl groups excluding tert-OH is 1. The lowest BCUT2D eigenvalue weighted by Crippen LogP contribution is -2.35. The summed E-state index contributed by atoms with van der Waals surface area (Å²) in [6, 6.07) is 9.49. The highest BCUT2D eigenvalue weighted by Gasteiger charge is 2.47. The van der Waals surface area contributed by atoms with Crippen molar-refractivity contribution in [1.29, 1.82) is 0 Å². The molecule has 1 fully saturated rings. The maximum absolute atomic E-state index is 13.2. The van der Waals surface area contributed by atoms with E-state index in [9.17, 15) is 14.7 Å². The summed E-state index contributed by atoms with van der Waals surface area (Å²) in [5, 5.41) is 11.3. The van der Waals surface area contributed by atoms with Gasteiger partial charge in [0.2, 0.25) is 0 Å². The number of Topliss-reactive ketones (excluding diaryl/α,β-unsaturated/α-hetero) is 1. The van der Waals surface area contributed by atoms with Gasteiger partial charge in [-0.2, -0.15) is 0 Å². The van der Waals surface area contributed by atoms with Crippen molar-refractivity contribution in [2.45, 2.75) is 13.0 Å². The highest BCUT2D eigenvalue weighted by molar-refractivity contribution is 6.46. The van der Waals surface area contributed by atoms with Crippen molar-refractivity contribution in [3.05, 3.63) is 58.7 Å². The van der Waals surface area contributed by atoms with Crippen LogP contribution >= 0.6 is 0 Å². The van der Waals surface area contributed by atoms with E-state index in [1.165, 1.54) is 19.1 Å². The Morgan fingerprint density at radius 3 is 2.21 bits per heavy atom. The Morgan fingerprint density at radius 2 is 1.64 bits per heavy atom. The van der Waals surface area contributed by atoms with Crippen molar-refractivity contribution in [2.75, 3.05) is 48.5 Å². The van der Waals surface area contributed by atoms with E-state index >= 15 is 0 Å². The molecule has 1 amide bonds. The maximum Gasteiger partial charge on any atom is 0.295 e. The Kier molecular flexibility index (Phi) is 7.28. The summed E-state index contributed by atoms with van der Waals surface area (Å²) >= 11 is 0. The van der Waals surface area contributed by atoms with Crippen molar-refractivity contribution in [3.63, 3.8) is 0 Å². The molecule has 33 heavy (non-hydrogen) atoms. The zero-order valence-corrected chi connectivity index (χ0v) is 19.8. The van der Waals surface area contributed by atoms with Gasteiger partial charge >= 0.3 is 0 Å². The fraction of sp³-hybridized carbons (Fsp3) is 0.360. The number of aliphatic hydroxyl groups is 1. The number of nitrogens with zero attached hydrogens (tertiary/aromatic N) is 2. The molecule has 0 saturated carbocycles. The zero-order chi connectivity index (χ0) is 24.3. The number of likely N-dealkylation sites (N-methyl/N-ethyl adjacent to an activating group) is 1. The van der Waals surface area contributed by atoms with Crippen LogP contribution in [0.2, 0.25) is 0 Å². The third kappa shape index (κ3) is 4.66. The average molecular weight is 455 g/mol. The molecule has 0 aromatic heterocycles. The standard InChI is InChI=1S/C25H30N2O6/c1-15-13-16(31-4)7-9-18(15)23(28)21-22(19-14-17(32-5)8-10-20(19)33-6)27(12-11-26(2)3)25(30)24(21)29/h7-10,13-14,22,28H,11-12H2,1-6H3/t22-/m0/s1. The van der Waals surface area contributed by atoms with E-state index in [-0.39, 0.29) is 11.3 Å². The second-order valence-electron chi connectivity index (χ2n) is 8.08. The van der Waals surface area contributed by atoms with Gasteiger partial charge in [0.1, 0.15) is 23.0 Å². The fourth-order valence-electron chi connectivity index (χ4n) is 3.97. The maximum atomic E-state index is 13.2. The number of aryl methyl sites for hydroxylation is 1. The summed E-state index contributed by atoms with van der Waals surface area (Å²) in [5.74, 6) is 0.00699. The number of hydrogen-bond acceptors (Lipinski definition) is 7. The number of carbonyl (C=O) groups is 2. The van der Waals surface area contributed by atoms with Gasteiger partial charge in [-0.25, -0.2) is 0 Å². The Bertz CT molecular complexity index is 1090. The molecular formula is C25H30N2O6. The first-order valence-corrected chi connectivity index (χ1v) is 10.5. The third-order valence-corrected chi connectivity index (χ3v) is 5.75. The van der Waals surface area contributed by atoms with Gasteiger partial charge in [0.25, 0.3) is 11.7 Å². The summed E-state index contributed by atoms with van der Waals surface area (Å²) in [6.45, 7) is 2.64. The van der Waals surface area contributed by atoms with Crippen LogP contribution in [0.4, 0.5) is 0 Å². The molecule has 1 aliphatic heterocycles. The lowest BCUT2D eigenvalue weighted by Gasteiger charge is -2.28. The van der Waals surface area contributed by atoms with E-state index in [0.29, 0.717) is 47.0 Å². The molecule has 176 valence electrons. The predicted molar refractivity (Wildman–Crippen MR) is 125 cm³/mol. The Balaban J connectivity index is 2.26. The van der Waals surface area contributed by atoms with Gasteiger partial charge in [-0.1, -0.05) is 0 Å². The molecule has 2 aromatic carbocycles. The molecular weight excluding hydrogens is 424 g/mol. The molecule has 8 heteroatoms. The van der Waals surface area contributed by atoms with Crippen molar-refractivity contribution >= 4 is 17.4 Å². The summed E-state index contributed by atoms with van der Waals surface area (Å²) in [7, 11) is 8.39. The minimum Gasteiger partial charge on any atom is -0.507 e. The summed E-state index contributed by atoms with van der Waals surface area (Å²) in [6.07, 6.45) is 0. The smallest absolute Gasteiger partial charge is 0.295 e. The first-order valence-electron chi connectivity index (χ1n) is 10.5. The van der Waals surface area contributed by atoms with E-state index in [0.717, 1.165) is 0 Å². The summed E-state index contributed by atoms with van der Waals surface area (Å²) < 4.78 is 16.2. The van der Waals surface area contributed by atoms with Crippen LogP contribution in [0.3, 0.4) is 0 Å². The van der Waals surface area contributed by atoms with E-state index in [1.807, 2.05) is 19.0 Å². The Morgan fingerprint density at radius 1 is 1.00 bits per heavy atom. The Labute approximate surface area is 194 Å². The minimum atomic E-state index is -0.837. The molecule has 1 atom stereocenters. The predicted octanol–water partition coefficient (Wildman–Crippen LogP) is 3.00. The number of benzene rings is 2. The van der Waals surface area contributed by atoms with Gasteiger partial charge in [0, 0.05) is 24.2 Å². The number of rotatable bonds is 8. The van der Waals surface area contributed by atoms with Crippen LogP contribution in [-0.4, -0.2) is 75.1 Å². The van der Waals surface area contributed by atoms with Gasteiger partial charge in [0.05, 0.1) is 32.9 Å². The van der Waals surface area contributed by atoms with Crippen molar-refractivity contribution in [2.24, 2.45) is 0 Å². The van der Waals surface area contributed by atoms with Gasteiger partial charge in [0.15, 0.2) is 0 Å². The summed E-state index contributed by atoms with van der Waals surface area (Å²) in [5.41, 5.74) is 1.73. The summed E-state index contributed by atoms with van der Waals surface area (Å²) in [4.78, 5) is 29.7. The van der Waals surface area contributed by atoms with Crippen LogP contribution in [-0.2, 0) is 9.59 Å². The molecule has 0 unspecified atom stereocenters. The minimum absolute atomic E-state index is 0.0126. The number of hydrogen-bond donors (Lipinski definition) is 1. The normalized spacial score (nSPS) is 17.5. The number of likely N-dealkylation sites (tertiary alicyclic amines) is 1. The lowest BCUT2D eigenvalue weighted by atomic mass is 9.93. The van der Waals surface area contributed by atoms with E-state index in [1.54, 1.807) is 50.4 Å². The number of amides is 1. The number of ether oxygens (including phenoxy) is 3. The van der Waals surface area contributed by atoms with Gasteiger partial charge < -0.3 is 29.1 Å². The molecule has 0 aliphatic carbocycles. The molecule has 2 aromatic rings. The van der Waals surface area contributed by atoms with Gasteiger partial charge in [-0.3, -0.25) is 9.59 Å². The molecule has 8 nitrogen and oxygen atoms in total. The van der Waals surface area contributed by atoms with E-state index in [2.05, 4.69) is 0 Å². The monoisotopic (exact) mass is 454 g/mol. The number of ketones is 1. The SMILES string of the molecule is COc1ccc(C(O)=C2C(=O)C(=O)N(CCN(C)C)[C@H]2c2cc(OC)ccc2OC)c(C)c1. The zero-order valence-electron chi connectivity index (χ0n) is 19.8. The Hall–Kier alpha value is -3.52. The molecule has 1 aliphatic rings. The molecule has 1 heterocycles. The van der Waals surface area contributed by atoms with Crippen molar-refractivity contribution < 1.29 is 28.9 Å². The third-order valence-electron chi connectivity index (χ3n) is 5.75. The largest absolute Gasteiger partial charge is 0.507 e. The second kappa shape index (κ2) is 9.95. The quantitative estimate of drug-likeness (QED) is 0.373. The average Bonchev–Trinajstić information content (AvgIpc) is 3.06. The van der Waals surface area contributed by atoms with Crippen molar-refractivity contribution in [3.8, 4) is 17.2 Å². The first kappa shape index (κ1) is 24.1. The highest BCUT2D eigenvalue weighted by Crippen LogP contribution is 2.44. The lowest BCUT2D eigenvalue weighted by molar-refractivity contribution is -0.140. The molecule has 1 saturated heterocycles. The van der Waals surface area contributed by atoms with Crippen LogP contribution in [0.5, 0.6) is 17.2 Å². The molecule has 0 bridgehead atoms. The van der Waals surface area contributed by atoms with Crippen LogP contribution in [0.15, 0.2) is 42.0 Å². The van der Waals surface area contributed by atoms with Gasteiger partial charge in [-0.15, -0.1) is 0 Å². The van der Waals surface area contributed by atoms with Gasteiger partial charge in [-0.05, 0) is 63.0 Å². The number of carbonyl (C=O) groups excluding carboxylic acids is 2. The van der Waals surface area contributed by atoms with E-state index in [4.69, 9.17) is 14.2 Å². The fourth-order valence-corrected chi connectivity index (χ4v) is 3.97. The number of methoxy groups -OCH3 is 3. The topological polar surface area (TPSA) is 88.5 Å². The second-order valence-corrected chi connectivity index (χ2v) is 8.08. The molecule has 1 N–H and O–H groups in total. The van der Waals surface area contributed by atoms with Crippen LogP contribution < -0.4 is 14.2 Å². The van der Waals surface area contributed by atoms with Crippen LogP contribution in [0.1, 0.15) is 22.7 Å². The highest BCUT2D eigenvalue weighted by atomic mass is 16.5. The molecule has 0 spiro atoms. The first-order chi connectivity index (χ1) is 15.7. The van der Waals surface area contributed by atoms with E-state index < -0.39 is 17.7 Å². The van der Waals surface area contributed by atoms with Crippen molar-refractivity contribution in [1.82, 2.24) is 9.80 Å². The van der Waals surface area contributed by atoms with Crippen LogP contribution in [0, 0.1) is 6.92 Å². The molecule has 3 rings (SSSR count). The van der Waals surface area contributed by atoms with Crippen LogP contribution in [0.25, 0.3) is 5.76 Å². The molecule has 0 radical (unpaired) electrons.